The molecule has 0 saturated heterocycles. The van der Waals surface area contributed by atoms with E-state index >= 15 is 0 Å². The Balaban J connectivity index is 2.99. The van der Waals surface area contributed by atoms with Crippen molar-refractivity contribution in [2.45, 2.75) is 10.4 Å². The summed E-state index contributed by atoms with van der Waals surface area (Å²) in [6.45, 7) is 0. The van der Waals surface area contributed by atoms with E-state index < -0.39 is 20.2 Å². The number of carbonyl (C=O) groups is 1. The Morgan fingerprint density at radius 1 is 1.15 bits per heavy atom. The van der Waals surface area contributed by atoms with Crippen LogP contribution in [0, 0.1) is 0 Å². The second kappa shape index (κ2) is 5.66. The van der Waals surface area contributed by atoms with E-state index in [1.165, 1.54) is 29.2 Å². The van der Waals surface area contributed by atoms with Crippen LogP contribution in [0.1, 0.15) is 5.56 Å². The molecule has 0 N–H and O–H groups in total. The molecular formula is C12H12F3NO3S. The number of likely N-dealkylation sites (N-methyl/N-ethyl adjacent to an activating group) is 1. The van der Waals surface area contributed by atoms with Crippen LogP contribution in [0.4, 0.5) is 13.2 Å². The molecule has 1 aromatic carbocycles. The molecule has 0 saturated carbocycles. The van der Waals surface area contributed by atoms with Gasteiger partial charge in [-0.25, -0.2) is 8.42 Å². The predicted molar refractivity (Wildman–Crippen MR) is 67.4 cm³/mol. The number of hydrogen-bond donors (Lipinski definition) is 0. The minimum absolute atomic E-state index is 0.294. The molecule has 0 aliphatic heterocycles. The number of sulfone groups is 1. The fourth-order valence-electron chi connectivity index (χ4n) is 1.21. The van der Waals surface area contributed by atoms with Crippen LogP contribution >= 0.6 is 0 Å². The van der Waals surface area contributed by atoms with Crippen molar-refractivity contribution in [3.05, 3.63) is 35.9 Å². The van der Waals surface area contributed by atoms with Gasteiger partial charge in [0, 0.05) is 20.2 Å². The van der Waals surface area contributed by atoms with E-state index in [9.17, 15) is 26.4 Å². The Labute approximate surface area is 114 Å². The van der Waals surface area contributed by atoms with Gasteiger partial charge in [-0.15, -0.1) is 0 Å². The molecule has 0 aliphatic carbocycles. The highest BCUT2D eigenvalue weighted by Gasteiger charge is 2.46. The van der Waals surface area contributed by atoms with Gasteiger partial charge in [0.05, 0.1) is 4.90 Å². The second-order valence-corrected chi connectivity index (χ2v) is 6.03. The van der Waals surface area contributed by atoms with Gasteiger partial charge in [0.1, 0.15) is 0 Å². The first-order valence-electron chi connectivity index (χ1n) is 5.36. The van der Waals surface area contributed by atoms with Gasteiger partial charge in [-0.05, 0) is 23.8 Å². The van der Waals surface area contributed by atoms with Crippen molar-refractivity contribution in [2.75, 3.05) is 14.1 Å². The summed E-state index contributed by atoms with van der Waals surface area (Å²) in [5.74, 6) is -0.294. The molecule has 0 aliphatic rings. The van der Waals surface area contributed by atoms with E-state index in [4.69, 9.17) is 0 Å². The zero-order chi connectivity index (χ0) is 15.6. The highest BCUT2D eigenvalue weighted by Crippen LogP contribution is 2.30. The van der Waals surface area contributed by atoms with E-state index in [0.717, 1.165) is 12.1 Å². The van der Waals surface area contributed by atoms with Gasteiger partial charge in [-0.1, -0.05) is 12.1 Å². The fourth-order valence-corrected chi connectivity index (χ4v) is 1.97. The van der Waals surface area contributed by atoms with Crippen LogP contribution in [-0.2, 0) is 14.6 Å². The summed E-state index contributed by atoms with van der Waals surface area (Å²) in [5, 5.41) is 0. The minimum atomic E-state index is -5.34. The maximum Gasteiger partial charge on any atom is 0.501 e. The molecule has 4 nitrogen and oxygen atoms in total. The summed E-state index contributed by atoms with van der Waals surface area (Å²) in [6, 6.07) is 4.08. The van der Waals surface area contributed by atoms with E-state index in [-0.39, 0.29) is 5.91 Å². The molecule has 1 rings (SSSR count). The Morgan fingerprint density at radius 3 is 2.05 bits per heavy atom. The number of amides is 1. The predicted octanol–water partition coefficient (Wildman–Crippen LogP) is 2.08. The van der Waals surface area contributed by atoms with E-state index in [1.54, 1.807) is 14.1 Å². The van der Waals surface area contributed by atoms with Crippen LogP contribution in [0.25, 0.3) is 6.08 Å². The van der Waals surface area contributed by atoms with Crippen molar-refractivity contribution in [1.82, 2.24) is 4.90 Å². The Bertz CT molecular complexity index is 616. The number of alkyl halides is 3. The second-order valence-electron chi connectivity index (χ2n) is 4.08. The molecule has 20 heavy (non-hydrogen) atoms. The first-order chi connectivity index (χ1) is 9.05. The van der Waals surface area contributed by atoms with Crippen molar-refractivity contribution in [3.8, 4) is 0 Å². The smallest absolute Gasteiger partial charge is 0.345 e. The Hall–Kier alpha value is -1.83. The van der Waals surface area contributed by atoms with Gasteiger partial charge in [-0.2, -0.15) is 13.2 Å². The molecule has 1 aromatic rings. The molecular weight excluding hydrogens is 295 g/mol. The first-order valence-corrected chi connectivity index (χ1v) is 6.85. The summed E-state index contributed by atoms with van der Waals surface area (Å²) >= 11 is 0. The van der Waals surface area contributed by atoms with E-state index in [0.29, 0.717) is 5.56 Å². The standard InChI is InChI=1S/C12H12F3NO3S/c1-16(2)11(17)8-5-9-3-6-10(7-4-9)20(18,19)12(13,14)15/h3-8H,1-2H3. The van der Waals surface area contributed by atoms with Gasteiger partial charge in [0.15, 0.2) is 0 Å². The van der Waals surface area contributed by atoms with Crippen LogP contribution < -0.4 is 0 Å². The van der Waals surface area contributed by atoms with Crippen molar-refractivity contribution in [1.29, 1.82) is 0 Å². The van der Waals surface area contributed by atoms with Crippen molar-refractivity contribution in [2.24, 2.45) is 0 Å². The summed E-state index contributed by atoms with van der Waals surface area (Å²) in [4.78, 5) is 11.8. The zero-order valence-electron chi connectivity index (χ0n) is 10.7. The fraction of sp³-hybridized carbons (Fsp3) is 0.250. The molecule has 0 radical (unpaired) electrons. The summed E-state index contributed by atoms with van der Waals surface area (Å²) in [5.41, 5.74) is -4.91. The highest BCUT2D eigenvalue weighted by atomic mass is 32.2. The van der Waals surface area contributed by atoms with Crippen LogP contribution in [0.5, 0.6) is 0 Å². The molecule has 0 aromatic heterocycles. The third-order valence-electron chi connectivity index (χ3n) is 2.35. The van der Waals surface area contributed by atoms with E-state index in [1.807, 2.05) is 0 Å². The molecule has 0 heterocycles. The third kappa shape index (κ3) is 3.60. The van der Waals surface area contributed by atoms with Crippen LogP contribution in [0.3, 0.4) is 0 Å². The van der Waals surface area contributed by atoms with Gasteiger partial charge in [0.2, 0.25) is 5.91 Å². The van der Waals surface area contributed by atoms with Gasteiger partial charge in [0.25, 0.3) is 9.84 Å². The quantitative estimate of drug-likeness (QED) is 0.803. The van der Waals surface area contributed by atoms with Crippen LogP contribution in [0.15, 0.2) is 35.2 Å². The molecule has 110 valence electrons. The van der Waals surface area contributed by atoms with Crippen molar-refractivity contribution < 1.29 is 26.4 Å². The van der Waals surface area contributed by atoms with Crippen molar-refractivity contribution >= 4 is 21.8 Å². The lowest BCUT2D eigenvalue weighted by Crippen LogP contribution is -2.23. The lowest BCUT2D eigenvalue weighted by atomic mass is 10.2. The molecule has 1 amide bonds. The van der Waals surface area contributed by atoms with Gasteiger partial charge < -0.3 is 4.90 Å². The maximum atomic E-state index is 12.3. The molecule has 0 unspecified atom stereocenters. The maximum absolute atomic E-state index is 12.3. The van der Waals surface area contributed by atoms with Gasteiger partial charge in [-0.3, -0.25) is 4.79 Å². The number of benzene rings is 1. The summed E-state index contributed by atoms with van der Waals surface area (Å²) < 4.78 is 59.2. The summed E-state index contributed by atoms with van der Waals surface area (Å²) in [6.07, 6.45) is 2.61. The topological polar surface area (TPSA) is 54.5 Å². The number of nitrogens with zero attached hydrogens (tertiary/aromatic N) is 1. The normalized spacial score (nSPS) is 12.7. The molecule has 0 bridgehead atoms. The minimum Gasteiger partial charge on any atom is -0.345 e. The first kappa shape index (κ1) is 16.2. The Kier molecular flexibility index (Phi) is 4.59. The van der Waals surface area contributed by atoms with Gasteiger partial charge >= 0.3 is 5.51 Å². The number of hydrogen-bond acceptors (Lipinski definition) is 3. The van der Waals surface area contributed by atoms with E-state index in [2.05, 4.69) is 0 Å². The van der Waals surface area contributed by atoms with Crippen LogP contribution in [-0.4, -0.2) is 38.8 Å². The molecule has 0 fully saturated rings. The zero-order valence-corrected chi connectivity index (χ0v) is 11.5. The number of rotatable bonds is 3. The average molecular weight is 307 g/mol. The molecule has 8 heteroatoms. The monoisotopic (exact) mass is 307 g/mol. The lowest BCUT2D eigenvalue weighted by Gasteiger charge is -2.08. The highest BCUT2D eigenvalue weighted by molar-refractivity contribution is 7.92. The number of carbonyl (C=O) groups excluding carboxylic acids is 1. The SMILES string of the molecule is CN(C)C(=O)C=Cc1ccc(S(=O)(=O)C(F)(F)F)cc1. The number of halogens is 3. The van der Waals surface area contributed by atoms with Crippen molar-refractivity contribution in [3.63, 3.8) is 0 Å². The van der Waals surface area contributed by atoms with Crippen LogP contribution in [0.2, 0.25) is 0 Å². The lowest BCUT2D eigenvalue weighted by molar-refractivity contribution is -0.123. The summed E-state index contributed by atoms with van der Waals surface area (Å²) in [7, 11) is -2.24. The third-order valence-corrected chi connectivity index (χ3v) is 3.86. The largest absolute Gasteiger partial charge is 0.501 e. The molecule has 0 atom stereocenters. The molecule has 0 spiro atoms. The Morgan fingerprint density at radius 2 is 1.65 bits per heavy atom. The average Bonchev–Trinajstić information content (AvgIpc) is 2.34.